The van der Waals surface area contributed by atoms with Crippen molar-refractivity contribution in [3.05, 3.63) is 457 Å². The van der Waals surface area contributed by atoms with Crippen LogP contribution in [0.3, 0.4) is 0 Å². The molecule has 0 unspecified atom stereocenters. The Morgan fingerprint density at radius 2 is 0.819 bits per heavy atom. The maximum atomic E-state index is 12.9. The Bertz CT molecular complexity index is 8020. The van der Waals surface area contributed by atoms with Gasteiger partial charge in [-0.25, -0.2) is 37.4 Å². The number of aryl methyl sites for hydroxylation is 15. The molecule has 0 aliphatic heterocycles. The number of furan rings is 4. The lowest BCUT2D eigenvalue weighted by Crippen LogP contribution is -1.91. The molecule has 15 heterocycles. The smallest absolute Gasteiger partial charge is 0.281 e. The molecule has 24 aromatic rings. The third-order valence-corrected chi connectivity index (χ3v) is 24.3. The number of aromatic nitrogens is 13. The minimum absolute atomic E-state index is 0.128. The summed E-state index contributed by atoms with van der Waals surface area (Å²) in [6.45, 7) is 35.6. The highest BCUT2D eigenvalue weighted by molar-refractivity contribution is 7.18. The number of alkyl halides is 2. The second kappa shape index (κ2) is 56.7. The summed E-state index contributed by atoms with van der Waals surface area (Å²) in [5.41, 5.74) is 18.5. The predicted octanol–water partition coefficient (Wildman–Crippen LogP) is 37.3. The van der Waals surface area contributed by atoms with E-state index in [1.807, 2.05) is 297 Å². The molecular formula is C116H100Cl8F4N14O5S2. The van der Waals surface area contributed by atoms with Crippen LogP contribution in [-0.4, -0.2) is 71.9 Å². The standard InChI is InChI=1S/2C10H8ClN.C10H9N.C10H10O2.C9H6ClFO.C9H7ClO.C8H5ClFNS.C8H7ClN2.C8H6ClNS.C8H7NO.C7H6N2.C7H9N.C6H6ClN.C6H6F2N2/c1-7-2-3-8-6-9(11)4-5-10(8)12-7;1-7-2-3-8-4-5-9(11)6-10(8)12-7;1-8-4-5-9-3-2-6-11-10(9)7-8;1-7-5-8-6-9(11-2)3-4-10(8)12-7;1-5-2-6-3-7(10)8(11)4-9(6)12-5;1-6-4-7-5-8(10)2-3-9(7)11-6;1-4-11-7-2-5(9)6(10)3-8(7)12-4;1-5-10-7-3-2-6(9)4-8(7)11-5;1-5-10-7-4-6(9)2-3-8(7)11-5;1-6-4-7-2-3-9-5-8(7)10-6;1-6-3-4-7(8-2)5-9-6;1-6-3-4-7(2)8-5-6;1-5-2-3-6(7)4-8-5;1-4-2-10-5(3-9-4)6(7)8/h2*2-6H,1H3;2-7H,1H3;3-6H,1-2H3;2-4H,1H3;2-5H,1H3;2-3H,1H3;2-4H,1H3,(H,10,11);2-4H,1H3;2-5H,1H3;3-5H,1H3;3-5H,1-2H3;2-4H,1H3;2-3,6H,1H3. The van der Waals surface area contributed by atoms with Gasteiger partial charge in [-0.1, -0.05) is 147 Å². The Morgan fingerprint density at radius 3 is 1.42 bits per heavy atom. The van der Waals surface area contributed by atoms with Gasteiger partial charge < -0.3 is 27.4 Å². The van der Waals surface area contributed by atoms with Crippen LogP contribution in [0.15, 0.2) is 322 Å². The summed E-state index contributed by atoms with van der Waals surface area (Å²) in [4.78, 5) is 55.0. The lowest BCUT2D eigenvalue weighted by atomic mass is 10.1. The minimum atomic E-state index is -2.52. The fraction of sp³-hybridized carbons (Fsp3) is 0.147. The number of halogens is 12. The summed E-state index contributed by atoms with van der Waals surface area (Å²) in [6, 6.07) is 79.5. The molecule has 0 atom stereocenters. The molecule has 760 valence electrons. The quantitative estimate of drug-likeness (QED) is 0.125. The van der Waals surface area contributed by atoms with E-state index in [9.17, 15) is 17.6 Å². The Labute approximate surface area is 907 Å². The summed E-state index contributed by atoms with van der Waals surface area (Å²) in [7, 11) is 1.66. The lowest BCUT2D eigenvalue weighted by molar-refractivity contribution is 0.145. The second-order valence-electron chi connectivity index (χ2n) is 33.1. The van der Waals surface area contributed by atoms with Crippen LogP contribution < -0.4 is 4.74 Å². The molecule has 0 spiro atoms. The molecule has 0 radical (unpaired) electrons. The van der Waals surface area contributed by atoms with Crippen molar-refractivity contribution in [3.63, 3.8) is 0 Å². The van der Waals surface area contributed by atoms with E-state index in [4.69, 9.17) is 122 Å². The number of hydrogen-bond donors (Lipinski definition) is 1. The second-order valence-corrected chi connectivity index (χ2v) is 39.0. The van der Waals surface area contributed by atoms with Gasteiger partial charge in [-0.15, -0.1) is 22.7 Å². The van der Waals surface area contributed by atoms with Crippen molar-refractivity contribution < 1.29 is 40.0 Å². The van der Waals surface area contributed by atoms with Gasteiger partial charge in [0.1, 0.15) is 68.7 Å². The number of hydrogen-bond acceptors (Lipinski definition) is 19. The van der Waals surface area contributed by atoms with Crippen molar-refractivity contribution in [3.8, 4) is 5.75 Å². The van der Waals surface area contributed by atoms with Crippen LogP contribution in [0, 0.1) is 122 Å². The molecule has 33 heteroatoms. The third kappa shape index (κ3) is 37.5. The van der Waals surface area contributed by atoms with Crippen LogP contribution in [0.25, 0.3) is 113 Å². The zero-order valence-corrected chi connectivity index (χ0v) is 91.3. The van der Waals surface area contributed by atoms with E-state index in [0.29, 0.717) is 22.0 Å². The maximum Gasteiger partial charge on any atom is 0.281 e. The highest BCUT2D eigenvalue weighted by Crippen LogP contribution is 2.32. The molecule has 15 aromatic heterocycles. The van der Waals surface area contributed by atoms with Gasteiger partial charge in [0.15, 0.2) is 5.58 Å². The summed E-state index contributed by atoms with van der Waals surface area (Å²) in [5, 5.41) is 14.2. The van der Waals surface area contributed by atoms with Crippen molar-refractivity contribution in [1.82, 2.24) is 64.8 Å². The predicted molar refractivity (Wildman–Crippen MR) is 607 cm³/mol. The molecule has 1 N–H and O–H groups in total. The van der Waals surface area contributed by atoms with Gasteiger partial charge in [0.2, 0.25) is 5.69 Å². The number of imidazole rings is 1. The number of benzene rings is 9. The Kier molecular flexibility index (Phi) is 43.7. The van der Waals surface area contributed by atoms with Gasteiger partial charge >= 0.3 is 0 Å². The number of nitrogens with one attached hydrogen (secondary N) is 1. The highest BCUT2D eigenvalue weighted by Gasteiger charge is 2.12. The molecule has 9 aromatic carbocycles. The molecule has 24 rings (SSSR count). The van der Waals surface area contributed by atoms with Gasteiger partial charge in [0.05, 0.1) is 105 Å². The van der Waals surface area contributed by atoms with Crippen LogP contribution in [0.5, 0.6) is 5.75 Å². The third-order valence-electron chi connectivity index (χ3n) is 20.5. The van der Waals surface area contributed by atoms with Crippen molar-refractivity contribution >= 4 is 229 Å². The first-order chi connectivity index (χ1) is 71.2. The average molecular weight is 2190 g/mol. The summed E-state index contributed by atoms with van der Waals surface area (Å²) >= 11 is 48.9. The zero-order chi connectivity index (χ0) is 107. The molecule has 0 bridgehead atoms. The minimum Gasteiger partial charge on any atom is -0.497 e. The van der Waals surface area contributed by atoms with Crippen molar-refractivity contribution in [2.45, 2.75) is 110 Å². The first-order valence-corrected chi connectivity index (χ1v) is 50.3. The number of H-pyrrole nitrogens is 1. The molecule has 0 aliphatic carbocycles. The van der Waals surface area contributed by atoms with Crippen molar-refractivity contribution in [1.29, 1.82) is 0 Å². The number of aromatic amines is 1. The van der Waals surface area contributed by atoms with E-state index in [1.54, 1.807) is 68.4 Å². The number of nitrogens with zero attached hydrogens (tertiary/aromatic N) is 13. The highest BCUT2D eigenvalue weighted by atomic mass is 35.5. The number of rotatable bonds is 2. The summed E-state index contributed by atoms with van der Waals surface area (Å²) < 4.78 is 77.8. The Hall–Kier alpha value is -14.4. The Morgan fingerprint density at radius 1 is 0.329 bits per heavy atom. The average Bonchev–Trinajstić information content (AvgIpc) is 1.49. The van der Waals surface area contributed by atoms with Crippen molar-refractivity contribution in [2.24, 2.45) is 0 Å². The molecule has 0 saturated carbocycles. The first-order valence-electron chi connectivity index (χ1n) is 45.7. The fourth-order valence-corrected chi connectivity index (χ4v) is 16.3. The topological polar surface area (TPSA) is 237 Å². The molecule has 19 nitrogen and oxygen atoms in total. The number of methoxy groups -OCH3 is 1. The van der Waals surface area contributed by atoms with Gasteiger partial charge in [-0.3, -0.25) is 44.9 Å². The van der Waals surface area contributed by atoms with E-state index in [1.165, 1.54) is 50.9 Å². The van der Waals surface area contributed by atoms with Crippen LogP contribution in [0.1, 0.15) is 96.3 Å². The van der Waals surface area contributed by atoms with Gasteiger partial charge in [-0.2, -0.15) is 0 Å². The monoisotopic (exact) mass is 2190 g/mol. The van der Waals surface area contributed by atoms with Crippen LogP contribution in [0.4, 0.5) is 23.2 Å². The van der Waals surface area contributed by atoms with Gasteiger partial charge in [-0.05, 0) is 309 Å². The largest absolute Gasteiger partial charge is 0.497 e. The number of fused-ring (bicyclic) bond motifs is 10. The lowest BCUT2D eigenvalue weighted by Gasteiger charge is -1.98. The van der Waals surface area contributed by atoms with Crippen LogP contribution in [-0.2, 0) is 0 Å². The molecule has 149 heavy (non-hydrogen) atoms. The molecule has 0 amide bonds. The molecule has 0 fully saturated rings. The van der Waals surface area contributed by atoms with Crippen LogP contribution >= 0.6 is 115 Å². The normalized spacial score (nSPS) is 10.3. The van der Waals surface area contributed by atoms with E-state index in [-0.39, 0.29) is 21.6 Å². The fourth-order valence-electron chi connectivity index (χ4n) is 13.4. The molecule has 0 saturated heterocycles. The van der Waals surface area contributed by atoms with Crippen LogP contribution in [0.2, 0.25) is 40.2 Å². The van der Waals surface area contributed by atoms with E-state index in [2.05, 4.69) is 107 Å². The number of thiazole rings is 2. The van der Waals surface area contributed by atoms with Crippen molar-refractivity contribution in [2.75, 3.05) is 7.11 Å². The van der Waals surface area contributed by atoms with E-state index < -0.39 is 12.2 Å². The van der Waals surface area contributed by atoms with Gasteiger partial charge in [0, 0.05) is 135 Å². The van der Waals surface area contributed by atoms with E-state index in [0.717, 1.165) is 197 Å². The first kappa shape index (κ1) is 115. The number of ether oxygens (including phenoxy) is 1. The maximum absolute atomic E-state index is 12.9. The molecular weight excluding hydrogens is 2090 g/mol. The van der Waals surface area contributed by atoms with Gasteiger partial charge in [0.25, 0.3) is 6.43 Å². The zero-order valence-electron chi connectivity index (χ0n) is 83.7. The van der Waals surface area contributed by atoms with E-state index >= 15 is 0 Å². The Balaban J connectivity index is 0.000000153. The summed E-state index contributed by atoms with van der Waals surface area (Å²) in [6.07, 6.45) is 10.3. The SMILES string of the molecule is COc1ccc2oc(C)cc2c1.Cc1cc2cc(Cl)c(F)cc2o1.Cc1cc2cc(Cl)ccc2o1.Cc1cc2ccncc2o1.Cc1ccc(C)nc1.Cc1ccc(Cl)cn1.Cc1ccc2cc(Cl)ccc2n1.Cc1ccc2ccc(Cl)cc2n1.Cc1ccc2cccnc2c1.Cc1cnc(C(F)F)cn1.Cc1nc2cc(Cl)c(F)cc2s1.Cc1nc2cc(Cl)ccc2s1.Cc1nc2ccc(Cl)cc2[nH]1.[C-]#[N+]c1ccc(C)nc1. The molecule has 0 aliphatic rings. The number of pyridine rings is 7. The summed E-state index contributed by atoms with van der Waals surface area (Å²) in [5.74, 6) is 4.49.